The van der Waals surface area contributed by atoms with Gasteiger partial charge in [0.15, 0.2) is 0 Å². The van der Waals surface area contributed by atoms with E-state index in [1.165, 1.54) is 33.7 Å². The molecule has 5 heteroatoms. The molecule has 2 aliphatic heterocycles. The molecule has 7 aromatic rings. The maximum absolute atomic E-state index is 7.16. The van der Waals surface area contributed by atoms with Crippen LogP contribution in [0.5, 0.6) is 0 Å². The molecule has 3 aliphatic rings. The second-order valence-corrected chi connectivity index (χ2v) is 11.5. The maximum atomic E-state index is 7.16. The van der Waals surface area contributed by atoms with Gasteiger partial charge in [0.2, 0.25) is 0 Å². The molecule has 0 atom stereocenters. The van der Waals surface area contributed by atoms with Crippen molar-refractivity contribution in [1.29, 1.82) is 0 Å². The Morgan fingerprint density at radius 3 is 2.28 bits per heavy atom. The third kappa shape index (κ3) is 3.06. The summed E-state index contributed by atoms with van der Waals surface area (Å²) in [6.45, 7) is -0.0533. The van der Waals surface area contributed by atoms with Crippen molar-refractivity contribution in [3.8, 4) is 0 Å². The average Bonchev–Trinajstić information content (AvgIpc) is 3.64. The van der Waals surface area contributed by atoms with Crippen LogP contribution in [0.2, 0.25) is 0 Å². The van der Waals surface area contributed by atoms with Crippen molar-refractivity contribution in [2.24, 2.45) is 0 Å². The minimum atomic E-state index is -0.0533. The summed E-state index contributed by atoms with van der Waals surface area (Å²) < 4.78 is 13.5. The van der Waals surface area contributed by atoms with Crippen molar-refractivity contribution in [2.45, 2.75) is 12.8 Å². The number of nitrogens with zero attached hydrogens (tertiary/aromatic N) is 2. The normalized spacial score (nSPS) is 15.2. The van der Waals surface area contributed by atoms with Crippen LogP contribution in [0, 0.1) is 0 Å². The van der Waals surface area contributed by atoms with Crippen molar-refractivity contribution in [3.05, 3.63) is 133 Å². The van der Waals surface area contributed by atoms with Crippen LogP contribution in [-0.2, 0) is 0 Å². The molecule has 4 nitrogen and oxygen atoms in total. The summed E-state index contributed by atoms with van der Waals surface area (Å²) in [5, 5.41) is 3.19. The Kier molecular flexibility index (Phi) is 4.61. The Hall–Kier alpha value is -5.42. The zero-order valence-electron chi connectivity index (χ0n) is 23.3. The smallest absolute Gasteiger partial charge is 0.297 e. The predicted octanol–water partition coefficient (Wildman–Crippen LogP) is 8.32. The summed E-state index contributed by atoms with van der Waals surface area (Å²) in [4.78, 5) is 4.85. The number of anilines is 5. The highest BCUT2D eigenvalue weighted by atomic mass is 16.3. The molecule has 10 rings (SSSR count). The molecule has 202 valence electrons. The van der Waals surface area contributed by atoms with Crippen LogP contribution in [0.15, 0.2) is 142 Å². The Morgan fingerprint density at radius 2 is 1.40 bits per heavy atom. The van der Waals surface area contributed by atoms with Gasteiger partial charge in [-0.1, -0.05) is 72.8 Å². The fourth-order valence-corrected chi connectivity index (χ4v) is 7.52. The van der Waals surface area contributed by atoms with Crippen LogP contribution < -0.4 is 26.4 Å². The number of furan rings is 2. The lowest BCUT2D eigenvalue weighted by Gasteiger charge is -2.42. The monoisotopic (exact) mass is 552 g/mol. The van der Waals surface area contributed by atoms with Gasteiger partial charge in [0, 0.05) is 39.2 Å². The zero-order valence-corrected chi connectivity index (χ0v) is 23.3. The third-order valence-electron chi connectivity index (χ3n) is 9.25. The van der Waals surface area contributed by atoms with Crippen molar-refractivity contribution < 1.29 is 8.83 Å². The first-order valence-electron chi connectivity index (χ1n) is 15.0. The third-order valence-corrected chi connectivity index (χ3v) is 9.25. The molecule has 0 saturated heterocycles. The first kappa shape index (κ1) is 23.2. The second kappa shape index (κ2) is 8.56. The number of benzene rings is 5. The molecule has 5 aromatic carbocycles. The lowest BCUT2D eigenvalue weighted by molar-refractivity contribution is 0.651. The zero-order chi connectivity index (χ0) is 28.1. The van der Waals surface area contributed by atoms with E-state index in [0.29, 0.717) is 0 Å². The van der Waals surface area contributed by atoms with Gasteiger partial charge in [-0.2, -0.15) is 0 Å². The Bertz CT molecular complexity index is 2330. The Morgan fingerprint density at radius 1 is 0.605 bits per heavy atom. The molecule has 1 aliphatic carbocycles. The Balaban J connectivity index is 1.35. The van der Waals surface area contributed by atoms with Gasteiger partial charge in [0.05, 0.1) is 16.7 Å². The highest BCUT2D eigenvalue weighted by molar-refractivity contribution is 6.99. The summed E-state index contributed by atoms with van der Waals surface area (Å²) >= 11 is 0. The van der Waals surface area contributed by atoms with Gasteiger partial charge in [0.1, 0.15) is 16.7 Å². The molecule has 4 heterocycles. The summed E-state index contributed by atoms with van der Waals surface area (Å²) in [7, 11) is 0. The highest BCUT2D eigenvalue weighted by Gasteiger charge is 2.46. The first-order chi connectivity index (χ1) is 21.4. The van der Waals surface area contributed by atoms with E-state index in [2.05, 4.69) is 125 Å². The van der Waals surface area contributed by atoms with E-state index < -0.39 is 0 Å². The SMILES string of the molecule is C1=CC(N2c3ccccc3B3c4oc5c(ccc6oc7ccccc7c65)c4N(c4ccccc4)c4cccc2c43)=CCC1. The molecule has 0 fully saturated rings. The topological polar surface area (TPSA) is 32.8 Å². The van der Waals surface area contributed by atoms with Crippen LogP contribution in [0.3, 0.4) is 0 Å². The standard InChI is InChI=1S/C38H25BN2O2/c1-3-12-24(13-4-1)40-29-18-9-8-17-28(29)39-35-30(40)19-11-20-31(35)41(25-14-5-2-6-15-25)36-27-22-23-33-34(37(27)43-38(36)39)26-16-7-10-21-32(26)42-33/h2-3,5-23H,1,4H2. The van der Waals surface area contributed by atoms with Gasteiger partial charge in [-0.15, -0.1) is 0 Å². The summed E-state index contributed by atoms with van der Waals surface area (Å²) in [6, 6.07) is 38.8. The number of fused-ring (bicyclic) bond motifs is 10. The van der Waals surface area contributed by atoms with Crippen molar-refractivity contribution >= 4 is 84.6 Å². The summed E-state index contributed by atoms with van der Waals surface area (Å²) in [5.74, 6) is 0. The minimum Gasteiger partial charge on any atom is -0.467 e. The van der Waals surface area contributed by atoms with Gasteiger partial charge < -0.3 is 18.6 Å². The molecular formula is C38H25BN2O2. The van der Waals surface area contributed by atoms with Crippen molar-refractivity contribution in [2.75, 3.05) is 9.80 Å². The molecule has 43 heavy (non-hydrogen) atoms. The second-order valence-electron chi connectivity index (χ2n) is 11.5. The number of rotatable bonds is 2. The molecular weight excluding hydrogens is 527 g/mol. The summed E-state index contributed by atoms with van der Waals surface area (Å²) in [6.07, 6.45) is 9.04. The number of para-hydroxylation sites is 3. The van der Waals surface area contributed by atoms with Gasteiger partial charge in [-0.05, 0) is 78.4 Å². The molecule has 0 N–H and O–H groups in total. The van der Waals surface area contributed by atoms with E-state index in [1.807, 2.05) is 12.1 Å². The number of allylic oxidation sites excluding steroid dienone is 3. The fraction of sp³-hybridized carbons (Fsp3) is 0.0526. The molecule has 0 unspecified atom stereocenters. The number of hydrogen-bond acceptors (Lipinski definition) is 4. The van der Waals surface area contributed by atoms with Gasteiger partial charge in [-0.25, -0.2) is 0 Å². The largest absolute Gasteiger partial charge is 0.467 e. The van der Waals surface area contributed by atoms with Crippen LogP contribution in [0.1, 0.15) is 12.8 Å². The Labute approximate surface area is 248 Å². The van der Waals surface area contributed by atoms with Crippen molar-refractivity contribution in [1.82, 2.24) is 0 Å². The van der Waals surface area contributed by atoms with Crippen molar-refractivity contribution in [3.63, 3.8) is 0 Å². The lowest BCUT2D eigenvalue weighted by atomic mass is 9.35. The highest BCUT2D eigenvalue weighted by Crippen LogP contribution is 2.47. The molecule has 0 saturated carbocycles. The fourth-order valence-electron chi connectivity index (χ4n) is 7.52. The molecule has 2 aromatic heterocycles. The molecule has 0 spiro atoms. The van der Waals surface area contributed by atoms with E-state index in [1.54, 1.807) is 0 Å². The van der Waals surface area contributed by atoms with Gasteiger partial charge >= 0.3 is 0 Å². The van der Waals surface area contributed by atoms with E-state index >= 15 is 0 Å². The van der Waals surface area contributed by atoms with E-state index in [4.69, 9.17) is 8.83 Å². The molecule has 0 amide bonds. The first-order valence-corrected chi connectivity index (χ1v) is 15.0. The van der Waals surface area contributed by atoms with E-state index in [9.17, 15) is 0 Å². The lowest BCUT2D eigenvalue weighted by Crippen LogP contribution is -2.61. The maximum Gasteiger partial charge on any atom is 0.297 e. The van der Waals surface area contributed by atoms with E-state index in [-0.39, 0.29) is 6.71 Å². The molecule has 0 radical (unpaired) electrons. The minimum absolute atomic E-state index is 0.0533. The van der Waals surface area contributed by atoms with E-state index in [0.717, 1.165) is 62.8 Å². The van der Waals surface area contributed by atoms with Crippen LogP contribution in [0.25, 0.3) is 32.9 Å². The molecule has 0 bridgehead atoms. The quantitative estimate of drug-likeness (QED) is 0.202. The van der Waals surface area contributed by atoms with Crippen LogP contribution >= 0.6 is 0 Å². The number of hydrogen-bond donors (Lipinski definition) is 0. The van der Waals surface area contributed by atoms with Crippen LogP contribution in [-0.4, -0.2) is 6.71 Å². The average molecular weight is 552 g/mol. The van der Waals surface area contributed by atoms with Gasteiger partial charge in [0.25, 0.3) is 6.71 Å². The van der Waals surface area contributed by atoms with Crippen LogP contribution in [0.4, 0.5) is 28.4 Å². The predicted molar refractivity (Wildman–Crippen MR) is 178 cm³/mol. The summed E-state index contributed by atoms with van der Waals surface area (Å²) in [5.41, 5.74) is 13.1. The van der Waals surface area contributed by atoms with Gasteiger partial charge in [-0.3, -0.25) is 0 Å².